The summed E-state index contributed by atoms with van der Waals surface area (Å²) < 4.78 is 4.60. The van der Waals surface area contributed by atoms with Crippen LogP contribution in [-0.2, 0) is 22.5 Å². The molecule has 4 nitrogen and oxygen atoms in total. The van der Waals surface area contributed by atoms with Gasteiger partial charge in [0, 0.05) is 32.4 Å². The van der Waals surface area contributed by atoms with E-state index >= 15 is 0 Å². The number of esters is 1. The molecule has 0 aromatic heterocycles. The van der Waals surface area contributed by atoms with Crippen molar-refractivity contribution in [1.29, 1.82) is 0 Å². The third-order valence-electron chi connectivity index (χ3n) is 3.56. The Morgan fingerprint density at radius 3 is 3.11 bits per heavy atom. The van der Waals surface area contributed by atoms with Gasteiger partial charge in [0.25, 0.3) is 0 Å². The monoisotopic (exact) mass is 262 g/mol. The summed E-state index contributed by atoms with van der Waals surface area (Å²) in [5.74, 6) is -0.167. The average molecular weight is 262 g/mol. The van der Waals surface area contributed by atoms with Crippen LogP contribution in [0.5, 0.6) is 0 Å². The van der Waals surface area contributed by atoms with E-state index in [2.05, 4.69) is 40.2 Å². The molecular formula is C15H22N2O2. The van der Waals surface area contributed by atoms with E-state index in [1.54, 1.807) is 0 Å². The summed E-state index contributed by atoms with van der Waals surface area (Å²) in [4.78, 5) is 13.3. The number of hydrogen-bond donors (Lipinski definition) is 1. The van der Waals surface area contributed by atoms with Gasteiger partial charge in [-0.25, -0.2) is 0 Å². The first-order valence-electron chi connectivity index (χ1n) is 6.81. The maximum atomic E-state index is 11.0. The summed E-state index contributed by atoms with van der Waals surface area (Å²) in [7, 11) is 3.56. The maximum absolute atomic E-state index is 11.0. The van der Waals surface area contributed by atoms with Crippen LogP contribution in [0.3, 0.4) is 0 Å². The molecule has 104 valence electrons. The maximum Gasteiger partial charge on any atom is 0.306 e. The van der Waals surface area contributed by atoms with E-state index in [-0.39, 0.29) is 5.97 Å². The number of nitrogens with zero attached hydrogens (tertiary/aromatic N) is 1. The lowest BCUT2D eigenvalue weighted by atomic mass is 9.99. The number of fused-ring (bicyclic) bond motifs is 1. The van der Waals surface area contributed by atoms with Crippen molar-refractivity contribution >= 4 is 11.7 Å². The predicted molar refractivity (Wildman–Crippen MR) is 76.4 cm³/mol. The van der Waals surface area contributed by atoms with Crippen molar-refractivity contribution in [1.82, 2.24) is 5.32 Å². The number of carbonyl (C=O) groups is 1. The van der Waals surface area contributed by atoms with E-state index in [0.717, 1.165) is 19.5 Å². The number of benzene rings is 1. The lowest BCUT2D eigenvalue weighted by Crippen LogP contribution is -2.25. The van der Waals surface area contributed by atoms with Gasteiger partial charge in [-0.2, -0.15) is 0 Å². The minimum atomic E-state index is -0.167. The Balaban J connectivity index is 1.86. The number of carbonyl (C=O) groups excluding carboxylic acids is 1. The zero-order valence-corrected chi connectivity index (χ0v) is 11.7. The molecule has 0 amide bonds. The van der Waals surface area contributed by atoms with Gasteiger partial charge in [-0.3, -0.25) is 4.79 Å². The molecule has 19 heavy (non-hydrogen) atoms. The Morgan fingerprint density at radius 1 is 1.47 bits per heavy atom. The van der Waals surface area contributed by atoms with Gasteiger partial charge >= 0.3 is 5.97 Å². The van der Waals surface area contributed by atoms with Crippen molar-refractivity contribution in [3.8, 4) is 0 Å². The topological polar surface area (TPSA) is 41.6 Å². The van der Waals surface area contributed by atoms with Gasteiger partial charge in [-0.05, 0) is 30.0 Å². The minimum Gasteiger partial charge on any atom is -0.469 e. The number of rotatable bonds is 5. The number of methoxy groups -OCH3 is 1. The molecule has 0 spiro atoms. The summed E-state index contributed by atoms with van der Waals surface area (Å²) in [6, 6.07) is 6.63. The van der Waals surface area contributed by atoms with Gasteiger partial charge in [-0.1, -0.05) is 12.1 Å². The van der Waals surface area contributed by atoms with Crippen molar-refractivity contribution in [3.63, 3.8) is 0 Å². The van der Waals surface area contributed by atoms with Crippen molar-refractivity contribution in [2.75, 3.05) is 32.1 Å². The van der Waals surface area contributed by atoms with Crippen LogP contribution in [0, 0.1) is 0 Å². The largest absolute Gasteiger partial charge is 0.469 e. The van der Waals surface area contributed by atoms with Crippen molar-refractivity contribution < 1.29 is 9.53 Å². The van der Waals surface area contributed by atoms with Gasteiger partial charge in [-0.15, -0.1) is 0 Å². The number of aryl methyl sites for hydroxylation is 1. The molecule has 0 saturated carbocycles. The highest BCUT2D eigenvalue weighted by Gasteiger charge is 2.13. The van der Waals surface area contributed by atoms with E-state index in [0.29, 0.717) is 13.0 Å². The molecule has 1 aliphatic rings. The normalized spacial score (nSPS) is 14.1. The van der Waals surface area contributed by atoms with Crippen LogP contribution in [0.2, 0.25) is 0 Å². The van der Waals surface area contributed by atoms with Gasteiger partial charge in [0.2, 0.25) is 0 Å². The predicted octanol–water partition coefficient (Wildman–Crippen LogP) is 1.72. The number of hydrogen-bond acceptors (Lipinski definition) is 4. The standard InChI is InChI=1S/C15H22N2O2/c1-17-9-3-4-13-10-12(5-6-14(13)17)11-16-8-7-15(18)19-2/h5-6,10,16H,3-4,7-9,11H2,1-2H3. The van der Waals surface area contributed by atoms with E-state index < -0.39 is 0 Å². The molecule has 0 saturated heterocycles. The molecule has 0 radical (unpaired) electrons. The first kappa shape index (κ1) is 13.9. The van der Waals surface area contributed by atoms with E-state index in [9.17, 15) is 4.79 Å². The first-order valence-corrected chi connectivity index (χ1v) is 6.81. The Bertz CT molecular complexity index is 446. The lowest BCUT2D eigenvalue weighted by Gasteiger charge is -2.27. The van der Waals surface area contributed by atoms with Crippen LogP contribution < -0.4 is 10.2 Å². The summed E-state index contributed by atoms with van der Waals surface area (Å²) >= 11 is 0. The molecule has 1 aliphatic heterocycles. The fourth-order valence-corrected chi connectivity index (χ4v) is 2.47. The molecule has 0 fully saturated rings. The number of anilines is 1. The van der Waals surface area contributed by atoms with Crippen LogP contribution in [0.25, 0.3) is 0 Å². The van der Waals surface area contributed by atoms with Crippen molar-refractivity contribution in [2.45, 2.75) is 25.8 Å². The Labute approximate surface area is 114 Å². The van der Waals surface area contributed by atoms with Crippen LogP contribution in [-0.4, -0.2) is 33.2 Å². The Hall–Kier alpha value is -1.55. The zero-order chi connectivity index (χ0) is 13.7. The van der Waals surface area contributed by atoms with Gasteiger partial charge in [0.05, 0.1) is 13.5 Å². The molecule has 1 aromatic rings. The smallest absolute Gasteiger partial charge is 0.306 e. The highest BCUT2D eigenvalue weighted by Crippen LogP contribution is 2.26. The highest BCUT2D eigenvalue weighted by atomic mass is 16.5. The second-order valence-corrected chi connectivity index (χ2v) is 4.99. The van der Waals surface area contributed by atoms with E-state index in [1.807, 2.05) is 0 Å². The molecule has 2 rings (SSSR count). The van der Waals surface area contributed by atoms with Gasteiger partial charge in [0.1, 0.15) is 0 Å². The fourth-order valence-electron chi connectivity index (χ4n) is 2.47. The molecule has 0 aliphatic carbocycles. The molecule has 1 aromatic carbocycles. The summed E-state index contributed by atoms with van der Waals surface area (Å²) in [6.45, 7) is 2.60. The van der Waals surface area contributed by atoms with E-state index in [4.69, 9.17) is 0 Å². The SMILES string of the molecule is COC(=O)CCNCc1ccc2c(c1)CCCN2C. The van der Waals surface area contributed by atoms with Gasteiger partial charge < -0.3 is 15.0 Å². The Kier molecular flexibility index (Phi) is 4.80. The van der Waals surface area contributed by atoms with Crippen LogP contribution in [0.1, 0.15) is 24.0 Å². The third-order valence-corrected chi connectivity index (χ3v) is 3.56. The molecule has 4 heteroatoms. The molecule has 0 bridgehead atoms. The van der Waals surface area contributed by atoms with Crippen molar-refractivity contribution in [2.24, 2.45) is 0 Å². The molecular weight excluding hydrogens is 240 g/mol. The second-order valence-electron chi connectivity index (χ2n) is 4.99. The minimum absolute atomic E-state index is 0.167. The van der Waals surface area contributed by atoms with Gasteiger partial charge in [0.15, 0.2) is 0 Å². The zero-order valence-electron chi connectivity index (χ0n) is 11.7. The molecule has 1 heterocycles. The Morgan fingerprint density at radius 2 is 2.32 bits per heavy atom. The van der Waals surface area contributed by atoms with Crippen LogP contribution in [0.4, 0.5) is 5.69 Å². The summed E-state index contributed by atoms with van der Waals surface area (Å²) in [5.41, 5.74) is 4.06. The first-order chi connectivity index (χ1) is 9.20. The third kappa shape index (κ3) is 3.70. The second kappa shape index (κ2) is 6.57. The molecule has 0 atom stereocenters. The molecule has 1 N–H and O–H groups in total. The highest BCUT2D eigenvalue weighted by molar-refractivity contribution is 5.69. The summed E-state index contributed by atoms with van der Waals surface area (Å²) in [5, 5.41) is 3.27. The van der Waals surface area contributed by atoms with E-state index in [1.165, 1.54) is 30.3 Å². The molecule has 0 unspecified atom stereocenters. The van der Waals surface area contributed by atoms with Crippen molar-refractivity contribution in [3.05, 3.63) is 29.3 Å². The average Bonchev–Trinajstić information content (AvgIpc) is 2.43. The van der Waals surface area contributed by atoms with Crippen LogP contribution in [0.15, 0.2) is 18.2 Å². The number of ether oxygens (including phenoxy) is 1. The lowest BCUT2D eigenvalue weighted by molar-refractivity contribution is -0.140. The van der Waals surface area contributed by atoms with Crippen LogP contribution >= 0.6 is 0 Å². The fraction of sp³-hybridized carbons (Fsp3) is 0.533. The quantitative estimate of drug-likeness (QED) is 0.648. The number of nitrogens with one attached hydrogen (secondary N) is 1. The summed E-state index contributed by atoms with van der Waals surface area (Å²) in [6.07, 6.45) is 2.81.